The van der Waals surface area contributed by atoms with Crippen molar-refractivity contribution in [3.63, 3.8) is 0 Å². The number of fused-ring (bicyclic) bond motifs is 1. The zero-order valence-corrected chi connectivity index (χ0v) is 12.3. The number of likely N-dealkylation sites (tertiary alicyclic amines) is 1. The van der Waals surface area contributed by atoms with Crippen LogP contribution in [0.4, 0.5) is 0 Å². The van der Waals surface area contributed by atoms with Crippen LogP contribution < -0.4 is 5.32 Å². The van der Waals surface area contributed by atoms with Crippen LogP contribution in [0.1, 0.15) is 52.4 Å². The van der Waals surface area contributed by atoms with Gasteiger partial charge in [0.2, 0.25) is 0 Å². The van der Waals surface area contributed by atoms with Crippen LogP contribution in [0.2, 0.25) is 0 Å². The van der Waals surface area contributed by atoms with E-state index < -0.39 is 11.5 Å². The monoisotopic (exact) mass is 268 g/mol. The van der Waals surface area contributed by atoms with Gasteiger partial charge >= 0.3 is 5.97 Å². The summed E-state index contributed by atoms with van der Waals surface area (Å²) >= 11 is 0. The van der Waals surface area contributed by atoms with E-state index >= 15 is 0 Å². The molecule has 0 spiro atoms. The van der Waals surface area contributed by atoms with Crippen molar-refractivity contribution in [3.8, 4) is 0 Å². The fourth-order valence-corrected chi connectivity index (χ4v) is 3.71. The van der Waals surface area contributed by atoms with Crippen molar-refractivity contribution in [2.24, 2.45) is 5.92 Å². The highest BCUT2D eigenvalue weighted by Gasteiger charge is 2.41. The normalized spacial score (nSPS) is 30.8. The van der Waals surface area contributed by atoms with E-state index in [0.717, 1.165) is 25.4 Å². The Hall–Kier alpha value is -0.610. The molecular formula is C15H28N2O2. The lowest BCUT2D eigenvalue weighted by molar-refractivity contribution is -0.145. The zero-order chi connectivity index (χ0) is 13.9. The quantitative estimate of drug-likeness (QED) is 0.774. The Kier molecular flexibility index (Phi) is 4.85. The smallest absolute Gasteiger partial charge is 0.324 e. The van der Waals surface area contributed by atoms with Crippen molar-refractivity contribution in [1.29, 1.82) is 0 Å². The number of nitrogens with zero attached hydrogens (tertiary/aromatic N) is 1. The number of carboxylic acid groups (broad SMARTS) is 1. The molecule has 3 atom stereocenters. The molecule has 1 aliphatic carbocycles. The number of aliphatic carboxylic acids is 1. The molecule has 110 valence electrons. The van der Waals surface area contributed by atoms with Crippen molar-refractivity contribution < 1.29 is 9.90 Å². The Labute approximate surface area is 116 Å². The number of nitrogens with one attached hydrogen (secondary N) is 1. The molecule has 4 nitrogen and oxygen atoms in total. The highest BCUT2D eigenvalue weighted by molar-refractivity contribution is 5.78. The first-order chi connectivity index (χ1) is 9.07. The van der Waals surface area contributed by atoms with Gasteiger partial charge in [-0.25, -0.2) is 0 Å². The Morgan fingerprint density at radius 3 is 2.79 bits per heavy atom. The van der Waals surface area contributed by atoms with Crippen molar-refractivity contribution in [2.75, 3.05) is 19.6 Å². The molecule has 2 rings (SSSR count). The van der Waals surface area contributed by atoms with Crippen LogP contribution >= 0.6 is 0 Å². The number of rotatable bonds is 6. The van der Waals surface area contributed by atoms with Gasteiger partial charge in [-0.1, -0.05) is 19.8 Å². The first kappa shape index (κ1) is 14.8. The molecule has 1 saturated carbocycles. The van der Waals surface area contributed by atoms with Gasteiger partial charge in [0.25, 0.3) is 0 Å². The minimum Gasteiger partial charge on any atom is -0.480 e. The minimum atomic E-state index is -0.803. The Morgan fingerprint density at radius 2 is 2.11 bits per heavy atom. The minimum absolute atomic E-state index is 0.635. The van der Waals surface area contributed by atoms with Crippen molar-refractivity contribution in [2.45, 2.75) is 64.0 Å². The lowest BCUT2D eigenvalue weighted by Crippen LogP contribution is -2.58. The molecule has 1 aliphatic heterocycles. The number of carboxylic acids is 1. The third kappa shape index (κ3) is 3.29. The van der Waals surface area contributed by atoms with Crippen molar-refractivity contribution >= 4 is 5.97 Å². The lowest BCUT2D eigenvalue weighted by atomic mass is 9.85. The van der Waals surface area contributed by atoms with E-state index in [2.05, 4.69) is 17.1 Å². The maximum Gasteiger partial charge on any atom is 0.324 e. The highest BCUT2D eigenvalue weighted by atomic mass is 16.4. The van der Waals surface area contributed by atoms with Gasteiger partial charge in [0.05, 0.1) is 0 Å². The molecule has 1 heterocycles. The second-order valence-electron chi connectivity index (χ2n) is 6.44. The third-order valence-corrected chi connectivity index (χ3v) is 4.88. The maximum absolute atomic E-state index is 11.6. The molecule has 0 radical (unpaired) electrons. The second kappa shape index (κ2) is 6.23. The van der Waals surface area contributed by atoms with Gasteiger partial charge in [-0.05, 0) is 51.6 Å². The van der Waals surface area contributed by atoms with E-state index in [1.807, 2.05) is 6.92 Å². The van der Waals surface area contributed by atoms with Crippen molar-refractivity contribution in [3.05, 3.63) is 0 Å². The first-order valence-electron chi connectivity index (χ1n) is 7.79. The molecule has 2 fully saturated rings. The first-order valence-corrected chi connectivity index (χ1v) is 7.79. The second-order valence-corrected chi connectivity index (χ2v) is 6.44. The summed E-state index contributed by atoms with van der Waals surface area (Å²) in [4.78, 5) is 14.0. The highest BCUT2D eigenvalue weighted by Crippen LogP contribution is 2.36. The fraction of sp³-hybridized carbons (Fsp3) is 0.933. The molecule has 1 saturated heterocycles. The predicted octanol–water partition coefficient (Wildman–Crippen LogP) is 2.09. The maximum atomic E-state index is 11.6. The summed E-state index contributed by atoms with van der Waals surface area (Å²) in [7, 11) is 0. The summed E-state index contributed by atoms with van der Waals surface area (Å²) in [6, 6.07) is 0.635. The van der Waals surface area contributed by atoms with Crippen LogP contribution in [0.5, 0.6) is 0 Å². The van der Waals surface area contributed by atoms with E-state index in [-0.39, 0.29) is 0 Å². The predicted molar refractivity (Wildman–Crippen MR) is 76.3 cm³/mol. The van der Waals surface area contributed by atoms with Crippen LogP contribution in [0.3, 0.4) is 0 Å². The molecule has 3 unspecified atom stereocenters. The molecule has 4 heteroatoms. The molecule has 19 heavy (non-hydrogen) atoms. The lowest BCUT2D eigenvalue weighted by Gasteiger charge is -2.37. The van der Waals surface area contributed by atoms with Crippen LogP contribution in [0.25, 0.3) is 0 Å². The Bertz CT molecular complexity index is 321. The van der Waals surface area contributed by atoms with Gasteiger partial charge in [0.1, 0.15) is 5.54 Å². The van der Waals surface area contributed by atoms with Crippen LogP contribution in [-0.2, 0) is 4.79 Å². The average Bonchev–Trinajstić information content (AvgIpc) is 2.80. The SMILES string of the molecule is CCCNC(C)(CN1CCC2CCCCC21)C(=O)O. The van der Waals surface area contributed by atoms with Crippen LogP contribution in [0.15, 0.2) is 0 Å². The summed E-state index contributed by atoms with van der Waals surface area (Å²) in [6.45, 7) is 6.39. The zero-order valence-electron chi connectivity index (χ0n) is 12.3. The number of carbonyl (C=O) groups is 1. The molecule has 0 aromatic carbocycles. The van der Waals surface area contributed by atoms with Gasteiger partial charge in [0.15, 0.2) is 0 Å². The van der Waals surface area contributed by atoms with Gasteiger partial charge < -0.3 is 10.4 Å². The van der Waals surface area contributed by atoms with E-state index in [1.165, 1.54) is 32.1 Å². The fourth-order valence-electron chi connectivity index (χ4n) is 3.71. The Morgan fingerprint density at radius 1 is 1.37 bits per heavy atom. The molecule has 2 N–H and O–H groups in total. The van der Waals surface area contributed by atoms with Crippen LogP contribution in [0, 0.1) is 5.92 Å². The standard InChI is InChI=1S/C15H28N2O2/c1-3-9-16-15(2,14(18)19)11-17-10-8-12-6-4-5-7-13(12)17/h12-13,16H,3-11H2,1-2H3,(H,18,19). The number of hydrogen-bond acceptors (Lipinski definition) is 3. The molecule has 2 aliphatic rings. The summed E-state index contributed by atoms with van der Waals surface area (Å²) < 4.78 is 0. The summed E-state index contributed by atoms with van der Waals surface area (Å²) in [6.07, 6.45) is 7.49. The molecule has 0 aromatic heterocycles. The molecule has 0 aromatic rings. The van der Waals surface area contributed by atoms with Gasteiger partial charge in [0, 0.05) is 12.6 Å². The van der Waals surface area contributed by atoms with E-state index in [0.29, 0.717) is 12.6 Å². The van der Waals surface area contributed by atoms with E-state index in [1.54, 1.807) is 0 Å². The van der Waals surface area contributed by atoms with Gasteiger partial charge in [-0.15, -0.1) is 0 Å². The van der Waals surface area contributed by atoms with Gasteiger partial charge in [-0.2, -0.15) is 0 Å². The molecule has 0 amide bonds. The largest absolute Gasteiger partial charge is 0.480 e. The molecular weight excluding hydrogens is 240 g/mol. The van der Waals surface area contributed by atoms with Crippen molar-refractivity contribution in [1.82, 2.24) is 10.2 Å². The van der Waals surface area contributed by atoms with Crippen LogP contribution in [-0.4, -0.2) is 47.2 Å². The third-order valence-electron chi connectivity index (χ3n) is 4.88. The molecule has 0 bridgehead atoms. The topological polar surface area (TPSA) is 52.6 Å². The average molecular weight is 268 g/mol. The van der Waals surface area contributed by atoms with E-state index in [4.69, 9.17) is 0 Å². The van der Waals surface area contributed by atoms with E-state index in [9.17, 15) is 9.90 Å². The Balaban J connectivity index is 1.99. The summed E-state index contributed by atoms with van der Waals surface area (Å²) in [5.41, 5.74) is -0.803. The van der Waals surface area contributed by atoms with Gasteiger partial charge in [-0.3, -0.25) is 9.69 Å². The summed E-state index contributed by atoms with van der Waals surface area (Å²) in [5, 5.41) is 12.8. The summed E-state index contributed by atoms with van der Waals surface area (Å²) in [5.74, 6) is 0.0955. The number of hydrogen-bond donors (Lipinski definition) is 2.